The Labute approximate surface area is 116 Å². The number of anilines is 1. The van der Waals surface area contributed by atoms with E-state index in [-0.39, 0.29) is 30.5 Å². The molecule has 0 bridgehead atoms. The summed E-state index contributed by atoms with van der Waals surface area (Å²) >= 11 is 0. The number of aromatic nitrogens is 1. The summed E-state index contributed by atoms with van der Waals surface area (Å²) < 4.78 is 1.56. The highest BCUT2D eigenvalue weighted by Gasteiger charge is 2.23. The van der Waals surface area contributed by atoms with Gasteiger partial charge >= 0.3 is 0 Å². The van der Waals surface area contributed by atoms with Crippen LogP contribution in [0.5, 0.6) is 0 Å². The molecule has 1 aromatic heterocycles. The molecule has 20 heavy (non-hydrogen) atoms. The smallest absolute Gasteiger partial charge is 0.250 e. The van der Waals surface area contributed by atoms with E-state index in [0.717, 1.165) is 6.42 Å². The summed E-state index contributed by atoms with van der Waals surface area (Å²) in [5, 5.41) is 8.21. The van der Waals surface area contributed by atoms with Gasteiger partial charge in [0.2, 0.25) is 11.8 Å². The summed E-state index contributed by atoms with van der Waals surface area (Å²) in [4.78, 5) is 34.6. The van der Waals surface area contributed by atoms with E-state index in [1.165, 1.54) is 6.07 Å². The zero-order valence-corrected chi connectivity index (χ0v) is 11.3. The van der Waals surface area contributed by atoms with Gasteiger partial charge in [0.1, 0.15) is 6.04 Å². The van der Waals surface area contributed by atoms with Gasteiger partial charge in [-0.2, -0.15) is 0 Å². The first-order valence-electron chi connectivity index (χ1n) is 6.61. The summed E-state index contributed by atoms with van der Waals surface area (Å²) in [5.74, 6) is -0.350. The first-order chi connectivity index (χ1) is 9.60. The Morgan fingerprint density at radius 3 is 2.90 bits per heavy atom. The highest BCUT2D eigenvalue weighted by molar-refractivity contribution is 5.96. The molecule has 1 atom stereocenters. The van der Waals surface area contributed by atoms with Crippen LogP contribution in [0.4, 0.5) is 5.69 Å². The maximum Gasteiger partial charge on any atom is 0.250 e. The number of pyridine rings is 1. The Bertz CT molecular complexity index is 557. The predicted molar refractivity (Wildman–Crippen MR) is 74.4 cm³/mol. The summed E-state index contributed by atoms with van der Waals surface area (Å²) in [6, 6.07) is 2.55. The lowest BCUT2D eigenvalue weighted by Gasteiger charge is -2.23. The second-order valence-corrected chi connectivity index (χ2v) is 4.68. The topological polar surface area (TPSA) is 92.2 Å². The Morgan fingerprint density at radius 1 is 1.45 bits per heavy atom. The molecule has 1 saturated heterocycles. The number of carbonyl (C=O) groups is 2. The third kappa shape index (κ3) is 3.45. The molecule has 7 nitrogen and oxygen atoms in total. The quantitative estimate of drug-likeness (QED) is 0.678. The molecular weight excluding hydrogens is 260 g/mol. The van der Waals surface area contributed by atoms with E-state index in [1.807, 2.05) is 6.92 Å². The predicted octanol–water partition coefficient (Wildman–Crippen LogP) is -0.715. The SMILES string of the molecule is CCCn1cc(NC(=O)C2CNC(=O)CN2)ccc1=O. The minimum absolute atomic E-state index is 0.0899. The van der Waals surface area contributed by atoms with Gasteiger partial charge in [0.25, 0.3) is 5.56 Å². The van der Waals surface area contributed by atoms with Gasteiger partial charge < -0.3 is 15.2 Å². The summed E-state index contributed by atoms with van der Waals surface area (Å²) in [6.07, 6.45) is 2.47. The van der Waals surface area contributed by atoms with Crippen LogP contribution in [0, 0.1) is 0 Å². The molecule has 1 aliphatic heterocycles. The van der Waals surface area contributed by atoms with Crippen molar-refractivity contribution in [3.05, 3.63) is 28.7 Å². The number of piperazine rings is 1. The molecule has 108 valence electrons. The minimum Gasteiger partial charge on any atom is -0.353 e. The maximum atomic E-state index is 12.0. The Morgan fingerprint density at radius 2 is 2.25 bits per heavy atom. The Kier molecular flexibility index (Phi) is 4.52. The summed E-state index contributed by atoms with van der Waals surface area (Å²) in [5.41, 5.74) is 0.481. The first kappa shape index (κ1) is 14.3. The molecule has 0 saturated carbocycles. The molecule has 0 radical (unpaired) electrons. The fourth-order valence-electron chi connectivity index (χ4n) is 2.00. The lowest BCUT2D eigenvalue weighted by Crippen LogP contribution is -2.56. The molecule has 1 aromatic rings. The van der Waals surface area contributed by atoms with Crippen molar-refractivity contribution in [2.75, 3.05) is 18.4 Å². The number of nitrogens with zero attached hydrogens (tertiary/aromatic N) is 1. The van der Waals surface area contributed by atoms with Crippen LogP contribution in [0.1, 0.15) is 13.3 Å². The molecule has 1 unspecified atom stereocenters. The van der Waals surface area contributed by atoms with Gasteiger partial charge in [-0.3, -0.25) is 19.7 Å². The van der Waals surface area contributed by atoms with E-state index < -0.39 is 6.04 Å². The number of nitrogens with one attached hydrogen (secondary N) is 3. The van der Waals surface area contributed by atoms with Crippen molar-refractivity contribution in [1.29, 1.82) is 0 Å². The molecule has 3 N–H and O–H groups in total. The van der Waals surface area contributed by atoms with Gasteiger partial charge in [0.05, 0.1) is 12.2 Å². The number of aryl methyl sites for hydroxylation is 1. The third-order valence-electron chi connectivity index (χ3n) is 3.04. The van der Waals surface area contributed by atoms with Crippen molar-refractivity contribution in [1.82, 2.24) is 15.2 Å². The van der Waals surface area contributed by atoms with Crippen LogP contribution in [0.25, 0.3) is 0 Å². The second-order valence-electron chi connectivity index (χ2n) is 4.68. The maximum absolute atomic E-state index is 12.0. The number of hydrogen-bond acceptors (Lipinski definition) is 4. The monoisotopic (exact) mass is 278 g/mol. The average molecular weight is 278 g/mol. The van der Waals surface area contributed by atoms with Crippen LogP contribution in [-0.4, -0.2) is 35.5 Å². The summed E-state index contributed by atoms with van der Waals surface area (Å²) in [6.45, 7) is 2.99. The van der Waals surface area contributed by atoms with Gasteiger partial charge in [-0.1, -0.05) is 6.92 Å². The van der Waals surface area contributed by atoms with Crippen LogP contribution in [-0.2, 0) is 16.1 Å². The van der Waals surface area contributed by atoms with Crippen molar-refractivity contribution >= 4 is 17.5 Å². The van der Waals surface area contributed by atoms with Crippen LogP contribution in [0.15, 0.2) is 23.1 Å². The standard InChI is InChI=1S/C13H18N4O3/c1-2-5-17-8-9(3-4-12(17)19)16-13(20)10-6-15-11(18)7-14-10/h3-4,8,10,14H,2,5-7H2,1H3,(H,15,18)(H,16,20). The first-order valence-corrected chi connectivity index (χ1v) is 6.61. The van der Waals surface area contributed by atoms with E-state index in [0.29, 0.717) is 12.2 Å². The van der Waals surface area contributed by atoms with Crippen LogP contribution in [0.2, 0.25) is 0 Å². The van der Waals surface area contributed by atoms with Gasteiger partial charge in [-0.05, 0) is 12.5 Å². The normalized spacial score (nSPS) is 18.4. The molecule has 1 fully saturated rings. The van der Waals surface area contributed by atoms with Crippen molar-refractivity contribution in [3.63, 3.8) is 0 Å². The Hall–Kier alpha value is -2.15. The average Bonchev–Trinajstić information content (AvgIpc) is 2.43. The molecule has 2 rings (SSSR count). The number of rotatable bonds is 4. The minimum atomic E-state index is -0.459. The second kappa shape index (κ2) is 6.33. The molecule has 1 aliphatic rings. The highest BCUT2D eigenvalue weighted by Crippen LogP contribution is 2.05. The van der Waals surface area contributed by atoms with Crippen LogP contribution >= 0.6 is 0 Å². The van der Waals surface area contributed by atoms with E-state index in [1.54, 1.807) is 16.8 Å². The molecule has 0 aromatic carbocycles. The van der Waals surface area contributed by atoms with Gasteiger partial charge in [-0.25, -0.2) is 0 Å². The van der Waals surface area contributed by atoms with E-state index in [9.17, 15) is 14.4 Å². The van der Waals surface area contributed by atoms with E-state index >= 15 is 0 Å². The van der Waals surface area contributed by atoms with E-state index in [2.05, 4.69) is 16.0 Å². The summed E-state index contributed by atoms with van der Waals surface area (Å²) in [7, 11) is 0. The molecule has 2 amide bonds. The molecular formula is C13H18N4O3. The number of hydrogen-bond donors (Lipinski definition) is 3. The molecule has 7 heteroatoms. The van der Waals surface area contributed by atoms with Crippen molar-refractivity contribution in [2.45, 2.75) is 25.9 Å². The lowest BCUT2D eigenvalue weighted by atomic mass is 10.2. The van der Waals surface area contributed by atoms with Gasteiger partial charge in [0, 0.05) is 25.4 Å². The molecule has 2 heterocycles. The fourth-order valence-corrected chi connectivity index (χ4v) is 2.00. The lowest BCUT2D eigenvalue weighted by molar-refractivity contribution is -0.124. The molecule has 0 spiro atoms. The van der Waals surface area contributed by atoms with Crippen LogP contribution in [0.3, 0.4) is 0 Å². The number of carbonyl (C=O) groups excluding carboxylic acids is 2. The van der Waals surface area contributed by atoms with E-state index in [4.69, 9.17) is 0 Å². The largest absolute Gasteiger partial charge is 0.353 e. The Balaban J connectivity index is 2.02. The fraction of sp³-hybridized carbons (Fsp3) is 0.462. The third-order valence-corrected chi connectivity index (χ3v) is 3.04. The van der Waals surface area contributed by atoms with Crippen molar-refractivity contribution in [2.24, 2.45) is 0 Å². The van der Waals surface area contributed by atoms with Crippen molar-refractivity contribution in [3.8, 4) is 0 Å². The number of amides is 2. The molecule has 0 aliphatic carbocycles. The van der Waals surface area contributed by atoms with Gasteiger partial charge in [-0.15, -0.1) is 0 Å². The zero-order valence-electron chi connectivity index (χ0n) is 11.3. The van der Waals surface area contributed by atoms with Crippen LogP contribution < -0.4 is 21.5 Å². The zero-order chi connectivity index (χ0) is 14.5. The highest BCUT2D eigenvalue weighted by atomic mass is 16.2. The van der Waals surface area contributed by atoms with Gasteiger partial charge in [0.15, 0.2) is 0 Å². The van der Waals surface area contributed by atoms with Crippen molar-refractivity contribution < 1.29 is 9.59 Å².